The van der Waals surface area contributed by atoms with Gasteiger partial charge in [0.15, 0.2) is 9.84 Å². The van der Waals surface area contributed by atoms with E-state index in [0.29, 0.717) is 17.1 Å². The normalized spacial score (nSPS) is 20.4. The van der Waals surface area contributed by atoms with Gasteiger partial charge in [-0.2, -0.15) is 5.10 Å². The number of aromatic amines is 1. The number of sulfone groups is 1. The van der Waals surface area contributed by atoms with Crippen molar-refractivity contribution in [2.24, 2.45) is 0 Å². The molecule has 2 aromatic rings. The Hall–Kier alpha value is -1.67. The molecular formula is C14H20N4O3S. The Bertz CT molecular complexity index is 750. The van der Waals surface area contributed by atoms with E-state index in [-0.39, 0.29) is 6.04 Å². The van der Waals surface area contributed by atoms with Crippen LogP contribution in [0.3, 0.4) is 0 Å². The fourth-order valence-corrected chi connectivity index (χ4v) is 3.85. The molecule has 8 heteroatoms. The highest BCUT2D eigenvalue weighted by atomic mass is 32.2. The standard InChI is InChI=1S/C14H20N4O3S/c1-10-7-11(17-21-10)9-18-6-4-3-5-12(18)14-13(8-15-16-14)22(2,19)20/h7-8,12H,3-6,9H2,1-2H3,(H,15,16)/t12-/m1/s1. The van der Waals surface area contributed by atoms with Crippen molar-refractivity contribution in [2.75, 3.05) is 12.8 Å². The Morgan fingerprint density at radius 2 is 2.27 bits per heavy atom. The van der Waals surface area contributed by atoms with E-state index < -0.39 is 9.84 Å². The second-order valence-corrected chi connectivity index (χ2v) is 7.82. The maximum absolute atomic E-state index is 11.9. The zero-order valence-electron chi connectivity index (χ0n) is 12.7. The second kappa shape index (κ2) is 5.85. The van der Waals surface area contributed by atoms with Gasteiger partial charge in [0, 0.05) is 18.9 Å². The molecule has 0 aliphatic carbocycles. The Labute approximate surface area is 129 Å². The molecule has 0 radical (unpaired) electrons. The third-order valence-corrected chi connectivity index (χ3v) is 5.14. The molecule has 0 unspecified atom stereocenters. The van der Waals surface area contributed by atoms with E-state index in [4.69, 9.17) is 4.52 Å². The molecule has 3 heterocycles. The quantitative estimate of drug-likeness (QED) is 0.922. The highest BCUT2D eigenvalue weighted by Gasteiger charge is 2.30. The van der Waals surface area contributed by atoms with Crippen molar-refractivity contribution in [2.45, 2.75) is 43.7 Å². The minimum atomic E-state index is -3.29. The summed E-state index contributed by atoms with van der Waals surface area (Å²) < 4.78 is 29.0. The molecule has 1 N–H and O–H groups in total. The number of H-pyrrole nitrogens is 1. The van der Waals surface area contributed by atoms with Crippen molar-refractivity contribution in [3.63, 3.8) is 0 Å². The maximum Gasteiger partial charge on any atom is 0.178 e. The number of aromatic nitrogens is 3. The summed E-state index contributed by atoms with van der Waals surface area (Å²) in [6.07, 6.45) is 5.69. The van der Waals surface area contributed by atoms with Crippen LogP contribution in [0.1, 0.15) is 42.5 Å². The number of hydrogen-bond donors (Lipinski definition) is 1. The molecule has 0 spiro atoms. The number of likely N-dealkylation sites (tertiary alicyclic amines) is 1. The predicted octanol–water partition coefficient (Wildman–Crippen LogP) is 1.84. The summed E-state index contributed by atoms with van der Waals surface area (Å²) in [4.78, 5) is 2.53. The molecule has 0 aromatic carbocycles. The zero-order valence-corrected chi connectivity index (χ0v) is 13.6. The highest BCUT2D eigenvalue weighted by molar-refractivity contribution is 7.90. The monoisotopic (exact) mass is 324 g/mol. The van der Waals surface area contributed by atoms with Crippen molar-refractivity contribution in [1.29, 1.82) is 0 Å². The second-order valence-electron chi connectivity index (χ2n) is 5.83. The molecular weight excluding hydrogens is 304 g/mol. The average Bonchev–Trinajstić information content (AvgIpc) is 3.08. The first kappa shape index (κ1) is 15.2. The first-order chi connectivity index (χ1) is 10.4. The lowest BCUT2D eigenvalue weighted by atomic mass is 9.99. The first-order valence-corrected chi connectivity index (χ1v) is 9.24. The minimum Gasteiger partial charge on any atom is -0.361 e. The molecule has 7 nitrogen and oxygen atoms in total. The SMILES string of the molecule is Cc1cc(CN2CCCC[C@@H]2c2[nH]ncc2S(C)(=O)=O)no1. The lowest BCUT2D eigenvalue weighted by Crippen LogP contribution is -2.34. The summed E-state index contributed by atoms with van der Waals surface area (Å²) in [6, 6.07) is 1.92. The van der Waals surface area contributed by atoms with Crippen molar-refractivity contribution in [3.05, 3.63) is 29.4 Å². The van der Waals surface area contributed by atoms with Crippen LogP contribution in [0, 0.1) is 6.92 Å². The molecule has 1 aliphatic rings. The smallest absolute Gasteiger partial charge is 0.178 e. The van der Waals surface area contributed by atoms with Gasteiger partial charge in [0.2, 0.25) is 0 Å². The summed E-state index contributed by atoms with van der Waals surface area (Å²) >= 11 is 0. The largest absolute Gasteiger partial charge is 0.361 e. The minimum absolute atomic E-state index is 0.0120. The molecule has 3 rings (SSSR count). The summed E-state index contributed by atoms with van der Waals surface area (Å²) in [6.45, 7) is 3.41. The molecule has 120 valence electrons. The number of piperidine rings is 1. The van der Waals surface area contributed by atoms with Crippen LogP contribution in [0.4, 0.5) is 0 Å². The van der Waals surface area contributed by atoms with Crippen molar-refractivity contribution in [1.82, 2.24) is 20.3 Å². The highest BCUT2D eigenvalue weighted by Crippen LogP contribution is 2.34. The van der Waals surface area contributed by atoms with Gasteiger partial charge in [-0.25, -0.2) is 8.42 Å². The van der Waals surface area contributed by atoms with E-state index in [2.05, 4.69) is 20.3 Å². The third-order valence-electron chi connectivity index (χ3n) is 4.02. The van der Waals surface area contributed by atoms with Crippen LogP contribution in [-0.4, -0.2) is 41.5 Å². The van der Waals surface area contributed by atoms with Crippen molar-refractivity contribution in [3.8, 4) is 0 Å². The van der Waals surface area contributed by atoms with E-state index in [1.165, 1.54) is 12.5 Å². The molecule has 1 fully saturated rings. The molecule has 1 saturated heterocycles. The van der Waals surface area contributed by atoms with E-state index in [1.807, 2.05) is 13.0 Å². The van der Waals surface area contributed by atoms with Crippen LogP contribution in [-0.2, 0) is 16.4 Å². The Kier molecular flexibility index (Phi) is 4.05. The first-order valence-electron chi connectivity index (χ1n) is 7.34. The number of rotatable bonds is 4. The number of nitrogens with one attached hydrogen (secondary N) is 1. The van der Waals surface area contributed by atoms with Gasteiger partial charge in [0.25, 0.3) is 0 Å². The fourth-order valence-electron chi connectivity index (χ4n) is 3.03. The Morgan fingerprint density at radius 3 is 2.95 bits per heavy atom. The zero-order chi connectivity index (χ0) is 15.7. The molecule has 0 amide bonds. The van der Waals surface area contributed by atoms with E-state index in [1.54, 1.807) is 0 Å². The van der Waals surface area contributed by atoms with E-state index in [9.17, 15) is 8.42 Å². The molecule has 0 saturated carbocycles. The van der Waals surface area contributed by atoms with Gasteiger partial charge in [-0.15, -0.1) is 0 Å². The summed E-state index contributed by atoms with van der Waals surface area (Å²) in [5.74, 6) is 0.780. The lowest BCUT2D eigenvalue weighted by molar-refractivity contribution is 0.131. The number of nitrogens with zero attached hydrogens (tertiary/aromatic N) is 3. The van der Waals surface area contributed by atoms with Crippen LogP contribution >= 0.6 is 0 Å². The van der Waals surface area contributed by atoms with Crippen LogP contribution < -0.4 is 0 Å². The van der Waals surface area contributed by atoms with E-state index >= 15 is 0 Å². The van der Waals surface area contributed by atoms with Crippen LogP contribution in [0.5, 0.6) is 0 Å². The number of aryl methyl sites for hydroxylation is 1. The maximum atomic E-state index is 11.9. The van der Waals surface area contributed by atoms with Crippen LogP contribution in [0.2, 0.25) is 0 Å². The van der Waals surface area contributed by atoms with Gasteiger partial charge in [-0.1, -0.05) is 11.6 Å². The summed E-state index contributed by atoms with van der Waals surface area (Å²) in [5.41, 5.74) is 1.55. The molecule has 1 aliphatic heterocycles. The molecule has 2 aromatic heterocycles. The van der Waals surface area contributed by atoms with Gasteiger partial charge in [-0.3, -0.25) is 10.00 Å². The van der Waals surface area contributed by atoms with Crippen molar-refractivity contribution < 1.29 is 12.9 Å². The van der Waals surface area contributed by atoms with Gasteiger partial charge in [0.1, 0.15) is 10.7 Å². The van der Waals surface area contributed by atoms with Crippen LogP contribution in [0.15, 0.2) is 21.7 Å². The van der Waals surface area contributed by atoms with Crippen molar-refractivity contribution >= 4 is 9.84 Å². The predicted molar refractivity (Wildman–Crippen MR) is 79.9 cm³/mol. The van der Waals surface area contributed by atoms with Gasteiger partial charge >= 0.3 is 0 Å². The summed E-state index contributed by atoms with van der Waals surface area (Å²) in [5, 5.41) is 10.9. The molecule has 22 heavy (non-hydrogen) atoms. The average molecular weight is 324 g/mol. The van der Waals surface area contributed by atoms with Gasteiger partial charge < -0.3 is 4.52 Å². The van der Waals surface area contributed by atoms with Gasteiger partial charge in [0.05, 0.1) is 23.6 Å². The molecule has 0 bridgehead atoms. The lowest BCUT2D eigenvalue weighted by Gasteiger charge is -2.34. The van der Waals surface area contributed by atoms with Gasteiger partial charge in [-0.05, 0) is 26.3 Å². The third kappa shape index (κ3) is 3.07. The Morgan fingerprint density at radius 1 is 1.45 bits per heavy atom. The Balaban J connectivity index is 1.88. The fraction of sp³-hybridized carbons (Fsp3) is 0.571. The summed E-state index contributed by atoms with van der Waals surface area (Å²) in [7, 11) is -3.29. The van der Waals surface area contributed by atoms with Crippen LogP contribution in [0.25, 0.3) is 0 Å². The number of hydrogen-bond acceptors (Lipinski definition) is 6. The topological polar surface area (TPSA) is 92.1 Å². The van der Waals surface area contributed by atoms with E-state index in [0.717, 1.165) is 37.3 Å². The molecule has 1 atom stereocenters.